The van der Waals surface area contributed by atoms with Crippen molar-refractivity contribution in [1.29, 1.82) is 0 Å². The molecule has 5 rings (SSSR count). The van der Waals surface area contributed by atoms with Gasteiger partial charge in [0.2, 0.25) is 21.8 Å². The van der Waals surface area contributed by atoms with Gasteiger partial charge in [-0.1, -0.05) is 58.7 Å². The van der Waals surface area contributed by atoms with Crippen LogP contribution in [0, 0.1) is 0 Å². The summed E-state index contributed by atoms with van der Waals surface area (Å²) in [5.41, 5.74) is -0.189. The molecule has 2 aliphatic rings. The fourth-order valence-electron chi connectivity index (χ4n) is 4.66. The molecule has 0 saturated carbocycles. The Kier molecular flexibility index (Phi) is 7.92. The number of carbonyl (C=O) groups excluding carboxylic acids is 2. The number of nitrogens with zero attached hydrogens (tertiary/aromatic N) is 2. The minimum atomic E-state index is -3.86. The van der Waals surface area contributed by atoms with E-state index in [1.54, 1.807) is 6.07 Å². The van der Waals surface area contributed by atoms with E-state index < -0.39 is 33.7 Å². The van der Waals surface area contributed by atoms with Crippen molar-refractivity contribution in [2.45, 2.75) is 42.7 Å². The van der Waals surface area contributed by atoms with Crippen molar-refractivity contribution in [3.8, 4) is 0 Å². The first-order valence-electron chi connectivity index (χ1n) is 12.5. The van der Waals surface area contributed by atoms with Gasteiger partial charge in [-0.05, 0) is 48.0 Å². The van der Waals surface area contributed by atoms with Crippen molar-refractivity contribution in [2.75, 3.05) is 18.4 Å². The fraction of sp³-hybridized carbons (Fsp3) is 0.296. The molecule has 0 aliphatic carbocycles. The molecule has 2 N–H and O–H groups in total. The number of rotatable bonds is 5. The number of ether oxygens (including phenoxy) is 1. The molecule has 3 aromatic rings. The molecular weight excluding hydrogens is 579 g/mol. The largest absolute Gasteiger partial charge is 0.414 e. The average molecular weight is 606 g/mol. The normalized spacial score (nSPS) is 17.6. The third kappa shape index (κ3) is 6.02. The molecule has 0 radical (unpaired) electrons. The van der Waals surface area contributed by atoms with E-state index in [1.165, 1.54) is 29.4 Å². The maximum Gasteiger partial charge on any atom is 0.414 e. The summed E-state index contributed by atoms with van der Waals surface area (Å²) in [6, 6.07) is 16.7. The van der Waals surface area contributed by atoms with Gasteiger partial charge in [-0.2, -0.15) is 4.31 Å². The fourth-order valence-corrected chi connectivity index (χ4v) is 6.83. The predicted octanol–water partition coefficient (Wildman–Crippen LogP) is 5.16. The van der Waals surface area contributed by atoms with Crippen LogP contribution in [0.2, 0.25) is 10.0 Å². The first-order chi connectivity index (χ1) is 19.0. The Bertz CT molecular complexity index is 1610. The van der Waals surface area contributed by atoms with Crippen LogP contribution in [-0.4, -0.2) is 55.4 Å². The second-order valence-electron chi connectivity index (χ2n) is 9.72. The van der Waals surface area contributed by atoms with Gasteiger partial charge in [0.15, 0.2) is 0 Å². The van der Waals surface area contributed by atoms with E-state index >= 15 is 0 Å². The second kappa shape index (κ2) is 11.2. The number of amides is 2. The Hall–Kier alpha value is -3.38. The molecular formula is C27H26Cl2N4O6S. The molecule has 1 unspecified atom stereocenters. The van der Waals surface area contributed by atoms with Crippen LogP contribution < -0.4 is 10.6 Å². The highest BCUT2D eigenvalue weighted by atomic mass is 35.5. The number of anilines is 1. The molecule has 10 nitrogen and oxygen atoms in total. The molecule has 1 fully saturated rings. The van der Waals surface area contributed by atoms with E-state index in [0.29, 0.717) is 18.5 Å². The molecule has 2 aliphatic heterocycles. The Morgan fingerprint density at radius 3 is 2.52 bits per heavy atom. The van der Waals surface area contributed by atoms with Gasteiger partial charge in [0.1, 0.15) is 16.5 Å². The van der Waals surface area contributed by atoms with Crippen LogP contribution in [0.25, 0.3) is 10.8 Å². The number of alkyl carbamates (subject to hydrolysis) is 1. The van der Waals surface area contributed by atoms with Gasteiger partial charge in [0.05, 0.1) is 11.4 Å². The van der Waals surface area contributed by atoms with Crippen molar-refractivity contribution in [1.82, 2.24) is 9.62 Å². The number of oxime groups is 1. The summed E-state index contributed by atoms with van der Waals surface area (Å²) in [5, 5.41) is 11.6. The van der Waals surface area contributed by atoms with Gasteiger partial charge in [-0.3, -0.25) is 4.79 Å². The summed E-state index contributed by atoms with van der Waals surface area (Å²) in [6.07, 6.45) is -0.0136. The molecule has 13 heteroatoms. The lowest BCUT2D eigenvalue weighted by Gasteiger charge is -2.36. The minimum absolute atomic E-state index is 0.0498. The van der Waals surface area contributed by atoms with Gasteiger partial charge in [-0.15, -0.1) is 0 Å². The number of nitrogens with one attached hydrogen (secondary N) is 2. The van der Waals surface area contributed by atoms with E-state index in [1.807, 2.05) is 36.4 Å². The molecule has 0 aromatic heterocycles. The van der Waals surface area contributed by atoms with Crippen molar-refractivity contribution < 1.29 is 27.6 Å². The summed E-state index contributed by atoms with van der Waals surface area (Å²) < 4.78 is 32.8. The minimum Gasteiger partial charge on any atom is -0.392 e. The summed E-state index contributed by atoms with van der Waals surface area (Å²) >= 11 is 12.1. The van der Waals surface area contributed by atoms with Gasteiger partial charge >= 0.3 is 6.09 Å². The van der Waals surface area contributed by atoms with E-state index in [0.717, 1.165) is 10.8 Å². The van der Waals surface area contributed by atoms with Crippen molar-refractivity contribution in [2.24, 2.45) is 5.16 Å². The number of fused-ring (bicyclic) bond motifs is 1. The molecule has 2 amide bonds. The Morgan fingerprint density at radius 1 is 1.05 bits per heavy atom. The number of sulfonamides is 1. The van der Waals surface area contributed by atoms with Crippen molar-refractivity contribution in [3.63, 3.8) is 0 Å². The summed E-state index contributed by atoms with van der Waals surface area (Å²) in [5.74, 6) is -0.365. The smallest absolute Gasteiger partial charge is 0.392 e. The molecule has 210 valence electrons. The SMILES string of the molecule is CC(NC(=O)OC1=NOC2(CCN(S(=O)(=O)c3cc(Cl)ccc3Cl)CC2)C1)C(=O)Nc1ccc2ccccc2c1. The summed E-state index contributed by atoms with van der Waals surface area (Å²) in [6.45, 7) is 1.85. The van der Waals surface area contributed by atoms with E-state index in [9.17, 15) is 18.0 Å². The Balaban J connectivity index is 1.11. The molecule has 1 saturated heterocycles. The quantitative estimate of drug-likeness (QED) is 0.414. The molecule has 1 atom stereocenters. The summed E-state index contributed by atoms with van der Waals surface area (Å²) in [4.78, 5) is 30.6. The van der Waals surface area contributed by atoms with E-state index in [4.69, 9.17) is 32.8 Å². The monoisotopic (exact) mass is 604 g/mol. The van der Waals surface area contributed by atoms with Gasteiger partial charge in [0.25, 0.3) is 0 Å². The average Bonchev–Trinajstić information content (AvgIpc) is 3.31. The van der Waals surface area contributed by atoms with Gasteiger partial charge in [0, 0.05) is 36.6 Å². The van der Waals surface area contributed by atoms with Crippen LogP contribution in [0.4, 0.5) is 10.5 Å². The highest BCUT2D eigenvalue weighted by Gasteiger charge is 2.46. The third-order valence-corrected chi connectivity index (χ3v) is 9.53. The van der Waals surface area contributed by atoms with Crippen LogP contribution in [-0.2, 0) is 24.4 Å². The first-order valence-corrected chi connectivity index (χ1v) is 14.7. The molecule has 40 heavy (non-hydrogen) atoms. The maximum absolute atomic E-state index is 13.1. The zero-order valence-electron chi connectivity index (χ0n) is 21.4. The second-order valence-corrected chi connectivity index (χ2v) is 12.5. The predicted molar refractivity (Wildman–Crippen MR) is 152 cm³/mol. The standard InChI is InChI=1S/C27H26Cl2N4O6S/c1-17(25(34)31-21-8-6-18-4-2-3-5-19(18)14-21)30-26(35)38-24-16-27(39-32-24)10-12-33(13-11-27)40(36,37)23-15-20(28)7-9-22(23)29/h2-9,14-15,17H,10-13,16H2,1H3,(H,30,35)(H,31,34). The van der Waals surface area contributed by atoms with Gasteiger partial charge < -0.3 is 20.2 Å². The Morgan fingerprint density at radius 2 is 1.77 bits per heavy atom. The lowest BCUT2D eigenvalue weighted by Crippen LogP contribution is -2.47. The topological polar surface area (TPSA) is 126 Å². The number of hydrogen-bond donors (Lipinski definition) is 2. The van der Waals surface area contributed by atoms with Gasteiger partial charge in [-0.25, -0.2) is 13.2 Å². The van der Waals surface area contributed by atoms with E-state index in [2.05, 4.69) is 15.8 Å². The summed E-state index contributed by atoms with van der Waals surface area (Å²) in [7, 11) is -3.86. The maximum atomic E-state index is 13.1. The molecule has 1 spiro atoms. The van der Waals surface area contributed by atoms with E-state index in [-0.39, 0.29) is 40.3 Å². The Labute approximate surface area is 241 Å². The van der Waals surface area contributed by atoms with Crippen LogP contribution in [0.5, 0.6) is 0 Å². The lowest BCUT2D eigenvalue weighted by atomic mass is 9.89. The number of benzene rings is 3. The lowest BCUT2D eigenvalue weighted by molar-refractivity contribution is -0.117. The van der Waals surface area contributed by atoms with Crippen LogP contribution in [0.3, 0.4) is 0 Å². The van der Waals surface area contributed by atoms with Crippen molar-refractivity contribution >= 4 is 67.6 Å². The number of piperidine rings is 1. The third-order valence-electron chi connectivity index (χ3n) is 6.91. The van der Waals surface area contributed by atoms with Crippen LogP contribution in [0.15, 0.2) is 70.7 Å². The van der Waals surface area contributed by atoms with Crippen molar-refractivity contribution in [3.05, 3.63) is 70.7 Å². The van der Waals surface area contributed by atoms with Crippen LogP contribution >= 0.6 is 23.2 Å². The zero-order valence-corrected chi connectivity index (χ0v) is 23.7. The first kappa shape index (κ1) is 28.2. The molecule has 3 aromatic carbocycles. The number of hydrogen-bond acceptors (Lipinski definition) is 7. The number of carbonyl (C=O) groups is 2. The molecule has 0 bridgehead atoms. The van der Waals surface area contributed by atoms with Crippen LogP contribution in [0.1, 0.15) is 26.2 Å². The highest BCUT2D eigenvalue weighted by molar-refractivity contribution is 7.89. The number of halogens is 2. The molecule has 2 heterocycles. The zero-order chi connectivity index (χ0) is 28.5. The highest BCUT2D eigenvalue weighted by Crippen LogP contribution is 2.37.